The second-order valence-corrected chi connectivity index (χ2v) is 14.9. The molecule has 0 fully saturated rings. The number of carboxylic acid groups (broad SMARTS) is 1. The number of benzene rings is 7. The summed E-state index contributed by atoms with van der Waals surface area (Å²) < 4.78 is 0. The normalized spacial score (nSPS) is 10.9. The summed E-state index contributed by atoms with van der Waals surface area (Å²) in [5, 5.41) is 18.6. The van der Waals surface area contributed by atoms with E-state index in [9.17, 15) is 15.2 Å². The quantitative estimate of drug-likeness (QED) is 0.0762. The summed E-state index contributed by atoms with van der Waals surface area (Å²) >= 11 is 1.44. The molecule has 0 aliphatic carbocycles. The Balaban J connectivity index is 1.16. The van der Waals surface area contributed by atoms with E-state index in [1.54, 1.807) is 6.07 Å². The standard InChI is InChI=1S/C54H38N2O2S/c55-38-46(54(57)58)37-50-33-34-53(59-50)45-25-31-49(32-26-45)56(47-27-21-39(22-28-47)35-51(41-13-5-1-6-14-41)42-15-7-2-8-16-42)48-29-23-40(24-30-48)36-52(43-17-9-3-10-18-43)44-19-11-4-12-20-44/h1-37H,(H,57,58)/b46-37+. The third kappa shape index (κ3) is 9.11. The molecule has 282 valence electrons. The average molecular weight is 779 g/mol. The van der Waals surface area contributed by atoms with Crippen molar-refractivity contribution in [2.45, 2.75) is 0 Å². The van der Waals surface area contributed by atoms with Crippen molar-refractivity contribution in [3.05, 3.63) is 250 Å². The largest absolute Gasteiger partial charge is 0.477 e. The molecular weight excluding hydrogens is 741 g/mol. The van der Waals surface area contributed by atoms with Crippen molar-refractivity contribution in [1.82, 2.24) is 0 Å². The van der Waals surface area contributed by atoms with Crippen molar-refractivity contribution in [3.8, 4) is 16.5 Å². The Morgan fingerprint density at radius 1 is 0.475 bits per heavy atom. The Bertz CT molecular complexity index is 2580. The minimum Gasteiger partial charge on any atom is -0.477 e. The first-order valence-corrected chi connectivity index (χ1v) is 20.0. The maximum absolute atomic E-state index is 11.4. The van der Waals surface area contributed by atoms with E-state index in [-0.39, 0.29) is 5.57 Å². The van der Waals surface area contributed by atoms with Gasteiger partial charge in [-0.15, -0.1) is 11.3 Å². The lowest BCUT2D eigenvalue weighted by Gasteiger charge is -2.26. The van der Waals surface area contributed by atoms with E-state index in [2.05, 4.69) is 187 Å². The minimum atomic E-state index is -1.24. The Morgan fingerprint density at radius 3 is 1.20 bits per heavy atom. The molecule has 0 bridgehead atoms. The van der Waals surface area contributed by atoms with Crippen molar-refractivity contribution in [2.24, 2.45) is 0 Å². The van der Waals surface area contributed by atoms with Gasteiger partial charge in [-0.05, 0) is 117 Å². The Morgan fingerprint density at radius 2 is 0.847 bits per heavy atom. The second-order valence-electron chi connectivity index (χ2n) is 13.8. The van der Waals surface area contributed by atoms with E-state index < -0.39 is 5.97 Å². The molecule has 0 aliphatic heterocycles. The molecule has 7 aromatic carbocycles. The highest BCUT2D eigenvalue weighted by Crippen LogP contribution is 2.38. The summed E-state index contributed by atoms with van der Waals surface area (Å²) in [6.07, 6.45) is 5.90. The summed E-state index contributed by atoms with van der Waals surface area (Å²) in [6.45, 7) is 0. The van der Waals surface area contributed by atoms with Crippen LogP contribution in [0.2, 0.25) is 0 Å². The molecule has 8 aromatic rings. The summed E-state index contributed by atoms with van der Waals surface area (Å²) in [4.78, 5) is 15.4. The minimum absolute atomic E-state index is 0.292. The molecule has 8 rings (SSSR count). The highest BCUT2D eigenvalue weighted by Gasteiger charge is 2.15. The fraction of sp³-hybridized carbons (Fsp3) is 0. The number of thiophene rings is 1. The number of carbonyl (C=O) groups is 1. The van der Waals surface area contributed by atoms with Gasteiger partial charge in [-0.1, -0.05) is 158 Å². The number of hydrogen-bond donors (Lipinski definition) is 1. The van der Waals surface area contributed by atoms with Gasteiger partial charge in [0.15, 0.2) is 0 Å². The SMILES string of the molecule is N#C/C(=C\c1ccc(-c2ccc(N(c3ccc(C=C(c4ccccc4)c4ccccc4)cc3)c3ccc(C=C(c4ccccc4)c4ccccc4)cc3)cc2)s1)C(=O)O. The summed E-state index contributed by atoms with van der Waals surface area (Å²) in [6, 6.07) is 73.2. The highest BCUT2D eigenvalue weighted by molar-refractivity contribution is 7.16. The van der Waals surface area contributed by atoms with Crippen LogP contribution >= 0.6 is 11.3 Å². The van der Waals surface area contributed by atoms with Gasteiger partial charge in [-0.2, -0.15) is 5.26 Å². The Kier molecular flexibility index (Phi) is 11.6. The molecule has 1 heterocycles. The molecule has 0 unspecified atom stereocenters. The number of hydrogen-bond acceptors (Lipinski definition) is 4. The molecule has 0 aliphatic rings. The molecule has 0 radical (unpaired) electrons. The van der Waals surface area contributed by atoms with Crippen LogP contribution in [0.5, 0.6) is 0 Å². The summed E-state index contributed by atoms with van der Waals surface area (Å²) in [7, 11) is 0. The molecule has 5 heteroatoms. The maximum atomic E-state index is 11.4. The zero-order valence-electron chi connectivity index (χ0n) is 32.0. The fourth-order valence-corrected chi connectivity index (χ4v) is 7.96. The Hall–Kier alpha value is -7.78. The third-order valence-electron chi connectivity index (χ3n) is 9.94. The van der Waals surface area contributed by atoms with E-state index in [1.165, 1.54) is 17.4 Å². The predicted octanol–water partition coefficient (Wildman–Crippen LogP) is 14.1. The number of nitriles is 1. The van der Waals surface area contributed by atoms with Gasteiger partial charge in [0.25, 0.3) is 0 Å². The fourth-order valence-electron chi connectivity index (χ4n) is 7.00. The van der Waals surface area contributed by atoms with E-state index >= 15 is 0 Å². The first kappa shape index (κ1) is 38.1. The zero-order chi connectivity index (χ0) is 40.4. The monoisotopic (exact) mass is 778 g/mol. The molecule has 1 aromatic heterocycles. The summed E-state index contributed by atoms with van der Waals surface area (Å²) in [5.74, 6) is -1.24. The number of nitrogens with zero attached hydrogens (tertiary/aromatic N) is 2. The van der Waals surface area contributed by atoms with Crippen molar-refractivity contribution in [1.29, 1.82) is 5.26 Å². The van der Waals surface area contributed by atoms with Crippen LogP contribution in [0.1, 0.15) is 38.3 Å². The van der Waals surface area contributed by atoms with Gasteiger partial charge in [0.2, 0.25) is 0 Å². The van der Waals surface area contributed by atoms with Gasteiger partial charge in [-0.3, -0.25) is 0 Å². The van der Waals surface area contributed by atoms with Crippen LogP contribution in [-0.2, 0) is 4.79 Å². The third-order valence-corrected chi connectivity index (χ3v) is 11.0. The lowest BCUT2D eigenvalue weighted by molar-refractivity contribution is -0.132. The smallest absolute Gasteiger partial charge is 0.346 e. The summed E-state index contributed by atoms with van der Waals surface area (Å²) in [5.41, 5.74) is 12.8. The predicted molar refractivity (Wildman–Crippen MR) is 245 cm³/mol. The molecule has 4 nitrogen and oxygen atoms in total. The van der Waals surface area contributed by atoms with Crippen molar-refractivity contribution < 1.29 is 9.90 Å². The topological polar surface area (TPSA) is 64.3 Å². The molecule has 1 N–H and O–H groups in total. The van der Waals surface area contributed by atoms with E-state index in [0.29, 0.717) is 4.88 Å². The number of anilines is 3. The molecule has 0 saturated heterocycles. The number of rotatable bonds is 12. The van der Waals surface area contributed by atoms with Gasteiger partial charge >= 0.3 is 5.97 Å². The van der Waals surface area contributed by atoms with Crippen LogP contribution < -0.4 is 4.90 Å². The first-order chi connectivity index (χ1) is 29.0. The van der Waals surface area contributed by atoms with Gasteiger partial charge in [0.1, 0.15) is 11.6 Å². The van der Waals surface area contributed by atoms with E-state index in [0.717, 1.165) is 72.0 Å². The average Bonchev–Trinajstić information content (AvgIpc) is 3.77. The van der Waals surface area contributed by atoms with Crippen LogP contribution in [-0.4, -0.2) is 11.1 Å². The lowest BCUT2D eigenvalue weighted by Crippen LogP contribution is -2.09. The van der Waals surface area contributed by atoms with Crippen molar-refractivity contribution in [3.63, 3.8) is 0 Å². The van der Waals surface area contributed by atoms with Gasteiger partial charge < -0.3 is 10.0 Å². The molecule has 0 amide bonds. The van der Waals surface area contributed by atoms with E-state index in [1.807, 2.05) is 36.4 Å². The Labute approximate surface area is 348 Å². The van der Waals surface area contributed by atoms with Gasteiger partial charge in [0.05, 0.1) is 0 Å². The van der Waals surface area contributed by atoms with Crippen molar-refractivity contribution in [2.75, 3.05) is 4.90 Å². The molecule has 0 spiro atoms. The number of aliphatic carboxylic acids is 1. The molecular formula is C54H38N2O2S. The molecule has 59 heavy (non-hydrogen) atoms. The maximum Gasteiger partial charge on any atom is 0.346 e. The number of carboxylic acids is 1. The lowest BCUT2D eigenvalue weighted by atomic mass is 9.95. The molecule has 0 atom stereocenters. The highest BCUT2D eigenvalue weighted by atomic mass is 32.1. The second kappa shape index (κ2) is 18.0. The van der Waals surface area contributed by atoms with E-state index in [4.69, 9.17) is 0 Å². The molecule has 0 saturated carbocycles. The zero-order valence-corrected chi connectivity index (χ0v) is 32.8. The van der Waals surface area contributed by atoms with Crippen LogP contribution in [0, 0.1) is 11.3 Å². The van der Waals surface area contributed by atoms with Crippen LogP contribution in [0.4, 0.5) is 17.1 Å². The van der Waals surface area contributed by atoms with Crippen LogP contribution in [0.3, 0.4) is 0 Å². The first-order valence-electron chi connectivity index (χ1n) is 19.2. The van der Waals surface area contributed by atoms with Crippen LogP contribution in [0.25, 0.3) is 39.8 Å². The van der Waals surface area contributed by atoms with Gasteiger partial charge in [0, 0.05) is 26.8 Å². The van der Waals surface area contributed by atoms with Crippen LogP contribution in [0.15, 0.2) is 212 Å². The van der Waals surface area contributed by atoms with Gasteiger partial charge in [-0.25, -0.2) is 4.79 Å². The van der Waals surface area contributed by atoms with Crippen molar-refractivity contribution >= 4 is 63.7 Å².